The Labute approximate surface area is 110 Å². The molecule has 0 fully saturated rings. The highest BCUT2D eigenvalue weighted by Crippen LogP contribution is 2.24. The van der Waals surface area contributed by atoms with E-state index in [9.17, 15) is 9.59 Å². The lowest BCUT2D eigenvalue weighted by molar-refractivity contribution is -0.145. The molecule has 8 nitrogen and oxygen atoms in total. The number of hydroxylamine groups is 1. The van der Waals surface area contributed by atoms with Crippen molar-refractivity contribution in [3.63, 3.8) is 0 Å². The SMILES string of the molecule is Cc1nnc(C(C)(C)C(=O)N(C)C(C)C(=O)NO)o1. The van der Waals surface area contributed by atoms with Crippen LogP contribution in [-0.2, 0) is 15.0 Å². The molecule has 0 bridgehead atoms. The summed E-state index contributed by atoms with van der Waals surface area (Å²) in [4.78, 5) is 24.9. The number of carbonyl (C=O) groups excluding carboxylic acids is 2. The molecule has 0 aliphatic carbocycles. The van der Waals surface area contributed by atoms with E-state index >= 15 is 0 Å². The molecule has 1 rings (SSSR count). The molecular formula is C11H18N4O4. The number of amides is 2. The number of aromatic nitrogens is 2. The standard InChI is InChI=1S/C11H18N4O4/c1-6(8(16)14-18)15(5)10(17)11(3,4)9-13-12-7(2)19-9/h6,18H,1-5H3,(H,14,16). The van der Waals surface area contributed by atoms with Crippen molar-refractivity contribution >= 4 is 11.8 Å². The van der Waals surface area contributed by atoms with E-state index in [0.717, 1.165) is 0 Å². The zero-order valence-corrected chi connectivity index (χ0v) is 11.6. The molecule has 0 spiro atoms. The molecule has 1 aromatic rings. The van der Waals surface area contributed by atoms with Crippen LogP contribution < -0.4 is 5.48 Å². The highest BCUT2D eigenvalue weighted by atomic mass is 16.5. The van der Waals surface area contributed by atoms with E-state index in [1.54, 1.807) is 20.8 Å². The number of nitrogens with zero attached hydrogens (tertiary/aromatic N) is 3. The minimum absolute atomic E-state index is 0.179. The second-order valence-electron chi connectivity index (χ2n) is 4.82. The van der Waals surface area contributed by atoms with Crippen molar-refractivity contribution in [2.24, 2.45) is 0 Å². The number of carbonyl (C=O) groups is 2. The van der Waals surface area contributed by atoms with Gasteiger partial charge in [0.25, 0.3) is 5.91 Å². The molecule has 0 saturated carbocycles. The Hall–Kier alpha value is -1.96. The molecule has 0 aliphatic rings. The third kappa shape index (κ3) is 2.90. The average molecular weight is 270 g/mol. The Balaban J connectivity index is 2.95. The number of nitrogens with one attached hydrogen (secondary N) is 1. The molecule has 1 aromatic heterocycles. The maximum atomic E-state index is 12.4. The van der Waals surface area contributed by atoms with Crippen LogP contribution in [0.3, 0.4) is 0 Å². The van der Waals surface area contributed by atoms with Crippen LogP contribution >= 0.6 is 0 Å². The van der Waals surface area contributed by atoms with Gasteiger partial charge in [0.05, 0.1) is 0 Å². The number of aryl methyl sites for hydroxylation is 1. The van der Waals surface area contributed by atoms with Gasteiger partial charge in [-0.25, -0.2) is 5.48 Å². The van der Waals surface area contributed by atoms with Gasteiger partial charge in [-0.15, -0.1) is 10.2 Å². The molecule has 2 N–H and O–H groups in total. The molecule has 8 heteroatoms. The van der Waals surface area contributed by atoms with Crippen molar-refractivity contribution in [3.8, 4) is 0 Å². The first-order chi connectivity index (χ1) is 8.71. The second-order valence-corrected chi connectivity index (χ2v) is 4.82. The fourth-order valence-electron chi connectivity index (χ4n) is 1.53. The molecule has 1 atom stereocenters. The first-order valence-electron chi connectivity index (χ1n) is 5.73. The molecule has 19 heavy (non-hydrogen) atoms. The summed E-state index contributed by atoms with van der Waals surface area (Å²) in [6, 6.07) is -0.819. The summed E-state index contributed by atoms with van der Waals surface area (Å²) in [5.41, 5.74) is 0.456. The van der Waals surface area contributed by atoms with Crippen LogP contribution in [0.25, 0.3) is 0 Å². The highest BCUT2D eigenvalue weighted by Gasteiger charge is 2.39. The molecule has 1 unspecified atom stereocenters. The first-order valence-corrected chi connectivity index (χ1v) is 5.73. The van der Waals surface area contributed by atoms with Crippen molar-refractivity contribution in [2.45, 2.75) is 39.2 Å². The summed E-state index contributed by atoms with van der Waals surface area (Å²) in [6.45, 7) is 6.38. The minimum Gasteiger partial charge on any atom is -0.424 e. The summed E-state index contributed by atoms with van der Waals surface area (Å²) < 4.78 is 5.27. The van der Waals surface area contributed by atoms with Crippen molar-refractivity contribution in [1.29, 1.82) is 0 Å². The number of hydrogen-bond acceptors (Lipinski definition) is 6. The van der Waals surface area contributed by atoms with Gasteiger partial charge in [0.15, 0.2) is 0 Å². The third-order valence-electron chi connectivity index (χ3n) is 2.99. The predicted molar refractivity (Wildman–Crippen MR) is 64.2 cm³/mol. The number of rotatable bonds is 4. The Kier molecular flexibility index (Phi) is 4.25. The van der Waals surface area contributed by atoms with Crippen LogP contribution in [0.1, 0.15) is 32.6 Å². The van der Waals surface area contributed by atoms with Gasteiger partial charge in [-0.05, 0) is 20.8 Å². The van der Waals surface area contributed by atoms with Gasteiger partial charge in [-0.3, -0.25) is 14.8 Å². The Bertz CT molecular complexity index is 483. The third-order valence-corrected chi connectivity index (χ3v) is 2.99. The molecule has 1 heterocycles. The van der Waals surface area contributed by atoms with Gasteiger partial charge in [0, 0.05) is 14.0 Å². The molecule has 0 radical (unpaired) electrons. The molecule has 0 saturated heterocycles. The number of likely N-dealkylation sites (N-methyl/N-ethyl adjacent to an activating group) is 1. The van der Waals surface area contributed by atoms with Gasteiger partial charge in [-0.1, -0.05) is 0 Å². The van der Waals surface area contributed by atoms with E-state index in [4.69, 9.17) is 9.62 Å². The van der Waals surface area contributed by atoms with Crippen LogP contribution in [0.15, 0.2) is 4.42 Å². The van der Waals surface area contributed by atoms with E-state index in [1.165, 1.54) is 24.4 Å². The number of hydrogen-bond donors (Lipinski definition) is 2. The van der Waals surface area contributed by atoms with Crippen LogP contribution in [0.5, 0.6) is 0 Å². The second kappa shape index (κ2) is 5.35. The van der Waals surface area contributed by atoms with E-state index < -0.39 is 17.4 Å². The molecular weight excluding hydrogens is 252 g/mol. The largest absolute Gasteiger partial charge is 0.424 e. The lowest BCUT2D eigenvalue weighted by atomic mass is 9.91. The summed E-state index contributed by atoms with van der Waals surface area (Å²) >= 11 is 0. The normalized spacial score (nSPS) is 12.9. The van der Waals surface area contributed by atoms with Crippen LogP contribution in [-0.4, -0.2) is 45.2 Å². The van der Waals surface area contributed by atoms with Crippen LogP contribution in [0.2, 0.25) is 0 Å². The zero-order valence-electron chi connectivity index (χ0n) is 11.6. The monoisotopic (exact) mass is 270 g/mol. The molecule has 106 valence electrons. The molecule has 2 amide bonds. The van der Waals surface area contributed by atoms with Crippen LogP contribution in [0, 0.1) is 6.92 Å². The predicted octanol–water partition coefficient (Wildman–Crippen LogP) is 0.00792. The van der Waals surface area contributed by atoms with Gasteiger partial charge in [-0.2, -0.15) is 0 Å². The van der Waals surface area contributed by atoms with Gasteiger partial charge < -0.3 is 9.32 Å². The first kappa shape index (κ1) is 15.1. The van der Waals surface area contributed by atoms with Gasteiger partial charge in [0.2, 0.25) is 17.7 Å². The quantitative estimate of drug-likeness (QED) is 0.589. The zero-order chi connectivity index (χ0) is 14.8. The fraction of sp³-hybridized carbons (Fsp3) is 0.636. The summed E-state index contributed by atoms with van der Waals surface area (Å²) in [5, 5.41) is 16.1. The lowest BCUT2D eigenvalue weighted by Gasteiger charge is -2.29. The van der Waals surface area contributed by atoms with E-state index in [0.29, 0.717) is 5.89 Å². The van der Waals surface area contributed by atoms with Gasteiger partial charge in [0.1, 0.15) is 11.5 Å². The fourth-order valence-corrected chi connectivity index (χ4v) is 1.53. The van der Waals surface area contributed by atoms with Crippen molar-refractivity contribution in [3.05, 3.63) is 11.8 Å². The summed E-state index contributed by atoms with van der Waals surface area (Å²) in [6.07, 6.45) is 0. The maximum absolute atomic E-state index is 12.4. The lowest BCUT2D eigenvalue weighted by Crippen LogP contribution is -2.50. The maximum Gasteiger partial charge on any atom is 0.265 e. The summed E-state index contributed by atoms with van der Waals surface area (Å²) in [5.74, 6) is -0.501. The Morgan fingerprint density at radius 2 is 2.00 bits per heavy atom. The smallest absolute Gasteiger partial charge is 0.265 e. The van der Waals surface area contributed by atoms with Crippen molar-refractivity contribution < 1.29 is 19.2 Å². The topological polar surface area (TPSA) is 109 Å². The van der Waals surface area contributed by atoms with Crippen molar-refractivity contribution in [1.82, 2.24) is 20.6 Å². The minimum atomic E-state index is -1.06. The van der Waals surface area contributed by atoms with Crippen molar-refractivity contribution in [2.75, 3.05) is 7.05 Å². The molecule has 0 aromatic carbocycles. The van der Waals surface area contributed by atoms with E-state index in [1.807, 2.05) is 0 Å². The van der Waals surface area contributed by atoms with E-state index in [2.05, 4.69) is 10.2 Å². The van der Waals surface area contributed by atoms with Crippen LogP contribution in [0.4, 0.5) is 0 Å². The van der Waals surface area contributed by atoms with Gasteiger partial charge >= 0.3 is 0 Å². The molecule has 0 aliphatic heterocycles. The van der Waals surface area contributed by atoms with E-state index in [-0.39, 0.29) is 11.8 Å². The average Bonchev–Trinajstić information content (AvgIpc) is 2.82. The Morgan fingerprint density at radius 3 is 2.42 bits per heavy atom. The highest BCUT2D eigenvalue weighted by molar-refractivity contribution is 5.91. The Morgan fingerprint density at radius 1 is 1.42 bits per heavy atom. The summed E-state index contributed by atoms with van der Waals surface area (Å²) in [7, 11) is 1.47.